The molecule has 1 N–H and O–H groups in total. The van der Waals surface area contributed by atoms with Gasteiger partial charge in [0.15, 0.2) is 0 Å². The van der Waals surface area contributed by atoms with E-state index in [1.165, 1.54) is 30.3 Å². The quantitative estimate of drug-likeness (QED) is 0.857. The highest BCUT2D eigenvalue weighted by atomic mass is 19.1. The Morgan fingerprint density at radius 3 is 2.55 bits per heavy atom. The summed E-state index contributed by atoms with van der Waals surface area (Å²) in [4.78, 5) is 0. The lowest BCUT2D eigenvalue weighted by atomic mass is 9.93. The second-order valence-corrected chi connectivity index (χ2v) is 5.04. The summed E-state index contributed by atoms with van der Waals surface area (Å²) >= 11 is 0. The fourth-order valence-electron chi connectivity index (χ4n) is 2.57. The summed E-state index contributed by atoms with van der Waals surface area (Å²) in [7, 11) is 0. The van der Waals surface area contributed by atoms with Crippen LogP contribution in [-0.4, -0.2) is 5.11 Å². The Morgan fingerprint density at radius 1 is 1.05 bits per heavy atom. The molecule has 0 saturated heterocycles. The zero-order chi connectivity index (χ0) is 14.3. The monoisotopic (exact) mass is 276 g/mol. The molecule has 0 radical (unpaired) electrons. The number of hydrogen-bond donors (Lipinski definition) is 1. The first-order valence-electron chi connectivity index (χ1n) is 6.45. The van der Waals surface area contributed by atoms with E-state index in [4.69, 9.17) is 4.74 Å². The number of aliphatic hydroxyl groups is 1. The Morgan fingerprint density at radius 2 is 1.75 bits per heavy atom. The lowest BCUT2D eigenvalue weighted by molar-refractivity contribution is 0.0649. The summed E-state index contributed by atoms with van der Waals surface area (Å²) in [6.45, 7) is 1.85. The highest BCUT2D eigenvalue weighted by molar-refractivity contribution is 5.40. The molecule has 2 atom stereocenters. The minimum Gasteiger partial charge on any atom is -0.485 e. The van der Waals surface area contributed by atoms with Crippen molar-refractivity contribution in [1.29, 1.82) is 0 Å². The summed E-state index contributed by atoms with van der Waals surface area (Å²) in [5.74, 6) is -0.460. The van der Waals surface area contributed by atoms with Crippen LogP contribution in [0.25, 0.3) is 0 Å². The zero-order valence-corrected chi connectivity index (χ0v) is 10.9. The Hall–Kier alpha value is -1.94. The number of fused-ring (bicyclic) bond motifs is 1. The number of benzene rings is 2. The van der Waals surface area contributed by atoms with E-state index in [9.17, 15) is 13.9 Å². The van der Waals surface area contributed by atoms with Crippen molar-refractivity contribution < 1.29 is 18.6 Å². The maximum Gasteiger partial charge on any atom is 0.128 e. The van der Waals surface area contributed by atoms with E-state index in [1.54, 1.807) is 6.07 Å². The van der Waals surface area contributed by atoms with Crippen molar-refractivity contribution in [3.63, 3.8) is 0 Å². The molecular formula is C16H14F2O2. The van der Waals surface area contributed by atoms with Crippen LogP contribution in [0.2, 0.25) is 0 Å². The van der Waals surface area contributed by atoms with Gasteiger partial charge in [-0.1, -0.05) is 6.07 Å². The Bertz CT molecular complexity index is 655. The normalized spacial score (nSPS) is 21.2. The van der Waals surface area contributed by atoms with Gasteiger partial charge < -0.3 is 9.84 Å². The second-order valence-electron chi connectivity index (χ2n) is 5.04. The predicted octanol–water partition coefficient (Wildman–Crippen LogP) is 3.83. The predicted molar refractivity (Wildman–Crippen MR) is 70.5 cm³/mol. The summed E-state index contributed by atoms with van der Waals surface area (Å²) in [5, 5.41) is 10.1. The molecule has 1 heterocycles. The first-order valence-corrected chi connectivity index (χ1v) is 6.45. The number of halogens is 2. The van der Waals surface area contributed by atoms with Gasteiger partial charge in [-0.05, 0) is 42.3 Å². The molecule has 2 aromatic rings. The molecule has 1 aliphatic heterocycles. The van der Waals surface area contributed by atoms with E-state index in [1.807, 2.05) is 6.92 Å². The lowest BCUT2D eigenvalue weighted by Crippen LogP contribution is -2.20. The van der Waals surface area contributed by atoms with Crippen molar-refractivity contribution >= 4 is 0 Å². The molecule has 0 aliphatic carbocycles. The Kier molecular flexibility index (Phi) is 3.18. The van der Waals surface area contributed by atoms with Crippen molar-refractivity contribution in [2.45, 2.75) is 25.6 Å². The van der Waals surface area contributed by atoms with Crippen molar-refractivity contribution in [2.75, 3.05) is 0 Å². The smallest absolute Gasteiger partial charge is 0.128 e. The van der Waals surface area contributed by atoms with Gasteiger partial charge in [0.05, 0.1) is 6.10 Å². The van der Waals surface area contributed by atoms with Gasteiger partial charge in [0.25, 0.3) is 0 Å². The molecule has 0 spiro atoms. The minimum atomic E-state index is -0.744. The molecule has 0 bridgehead atoms. The summed E-state index contributed by atoms with van der Waals surface area (Å²) in [5.41, 5.74) is 2.12. The topological polar surface area (TPSA) is 29.5 Å². The van der Waals surface area contributed by atoms with E-state index >= 15 is 0 Å². The van der Waals surface area contributed by atoms with Crippen LogP contribution in [0.15, 0.2) is 36.4 Å². The van der Waals surface area contributed by atoms with Crippen molar-refractivity contribution in [3.05, 3.63) is 64.7 Å². The van der Waals surface area contributed by atoms with Gasteiger partial charge in [-0.3, -0.25) is 0 Å². The maximum atomic E-state index is 13.4. The number of aliphatic hydroxyl groups excluding tert-OH is 1. The van der Waals surface area contributed by atoms with E-state index < -0.39 is 18.0 Å². The van der Waals surface area contributed by atoms with Crippen LogP contribution >= 0.6 is 0 Å². The zero-order valence-electron chi connectivity index (χ0n) is 10.9. The molecule has 1 aliphatic rings. The van der Waals surface area contributed by atoms with Crippen LogP contribution in [0.3, 0.4) is 0 Å². The van der Waals surface area contributed by atoms with Crippen molar-refractivity contribution in [2.24, 2.45) is 0 Å². The van der Waals surface area contributed by atoms with E-state index in [0.29, 0.717) is 23.3 Å². The van der Waals surface area contributed by atoms with Gasteiger partial charge >= 0.3 is 0 Å². The van der Waals surface area contributed by atoms with Gasteiger partial charge in [0.2, 0.25) is 0 Å². The summed E-state index contributed by atoms with van der Waals surface area (Å²) in [6.07, 6.45) is -0.898. The molecular weight excluding hydrogens is 262 g/mol. The minimum absolute atomic E-state index is 0.317. The third-order valence-corrected chi connectivity index (χ3v) is 3.63. The van der Waals surface area contributed by atoms with Gasteiger partial charge in [-0.25, -0.2) is 8.78 Å². The van der Waals surface area contributed by atoms with Gasteiger partial charge in [-0.2, -0.15) is 0 Å². The molecule has 2 unspecified atom stereocenters. The number of rotatable bonds is 1. The van der Waals surface area contributed by atoms with Crippen LogP contribution in [0.4, 0.5) is 8.78 Å². The van der Waals surface area contributed by atoms with Crippen LogP contribution < -0.4 is 4.74 Å². The van der Waals surface area contributed by atoms with Crippen LogP contribution in [0.5, 0.6) is 5.75 Å². The molecule has 104 valence electrons. The lowest BCUT2D eigenvalue weighted by Gasteiger charge is -2.30. The number of hydrogen-bond acceptors (Lipinski definition) is 2. The summed E-state index contributed by atoms with van der Waals surface area (Å²) in [6, 6.07) is 8.51. The number of aryl methyl sites for hydroxylation is 1. The first-order chi connectivity index (χ1) is 9.54. The molecule has 0 amide bonds. The van der Waals surface area contributed by atoms with Crippen LogP contribution in [0, 0.1) is 18.6 Å². The molecule has 20 heavy (non-hydrogen) atoms. The Labute approximate surface area is 115 Å². The fourth-order valence-corrected chi connectivity index (χ4v) is 2.57. The average molecular weight is 276 g/mol. The molecule has 2 nitrogen and oxygen atoms in total. The molecule has 0 fully saturated rings. The molecule has 2 aromatic carbocycles. The van der Waals surface area contributed by atoms with E-state index in [0.717, 1.165) is 5.56 Å². The maximum absolute atomic E-state index is 13.4. The Balaban J connectivity index is 2.00. The molecule has 3 rings (SSSR count). The first kappa shape index (κ1) is 13.1. The van der Waals surface area contributed by atoms with E-state index in [-0.39, 0.29) is 5.82 Å². The highest BCUT2D eigenvalue weighted by Gasteiger charge is 2.29. The van der Waals surface area contributed by atoms with Crippen LogP contribution in [-0.2, 0) is 0 Å². The van der Waals surface area contributed by atoms with Crippen molar-refractivity contribution in [3.8, 4) is 5.75 Å². The highest BCUT2D eigenvalue weighted by Crippen LogP contribution is 2.41. The average Bonchev–Trinajstić information content (AvgIpc) is 2.41. The largest absolute Gasteiger partial charge is 0.485 e. The molecule has 4 heteroatoms. The van der Waals surface area contributed by atoms with Gasteiger partial charge in [0.1, 0.15) is 23.5 Å². The second kappa shape index (κ2) is 4.87. The molecule has 0 saturated carbocycles. The molecule has 0 aromatic heterocycles. The summed E-state index contributed by atoms with van der Waals surface area (Å²) < 4.78 is 32.4. The van der Waals surface area contributed by atoms with Gasteiger partial charge in [0, 0.05) is 18.1 Å². The fraction of sp³-hybridized carbons (Fsp3) is 0.250. The van der Waals surface area contributed by atoms with Gasteiger partial charge in [-0.15, -0.1) is 0 Å². The number of ether oxygens (including phenoxy) is 1. The third-order valence-electron chi connectivity index (χ3n) is 3.63. The standard InChI is InChI=1S/C16H14F2O2/c1-9-2-3-10(17)6-13(9)16-8-14(19)12-5-4-11(18)7-15(12)20-16/h2-7,14,16,19H,8H2,1H3. The van der Waals surface area contributed by atoms with Crippen LogP contribution in [0.1, 0.15) is 35.3 Å². The van der Waals surface area contributed by atoms with Crippen molar-refractivity contribution in [1.82, 2.24) is 0 Å². The third kappa shape index (κ3) is 2.27. The SMILES string of the molecule is Cc1ccc(F)cc1C1CC(O)c2ccc(F)cc2O1. The van der Waals surface area contributed by atoms with E-state index in [2.05, 4.69) is 0 Å².